The van der Waals surface area contributed by atoms with Gasteiger partial charge in [-0.25, -0.2) is 0 Å². The van der Waals surface area contributed by atoms with Crippen molar-refractivity contribution in [1.82, 2.24) is 0 Å². The molecular weight excluding hydrogens is 252 g/mol. The van der Waals surface area contributed by atoms with E-state index < -0.39 is 0 Å². The molecule has 0 spiro atoms. The van der Waals surface area contributed by atoms with E-state index in [4.69, 9.17) is 4.42 Å². The lowest BCUT2D eigenvalue weighted by molar-refractivity contribution is 0.603. The number of rotatable bonds is 2. The first-order valence-corrected chi connectivity index (χ1v) is 5.52. The predicted molar refractivity (Wildman–Crippen MR) is 68.7 cm³/mol. The molecule has 0 bridgehead atoms. The number of allylic oxidation sites excluding steroid dienone is 1. The van der Waals surface area contributed by atoms with Gasteiger partial charge in [-0.1, -0.05) is 34.7 Å². The van der Waals surface area contributed by atoms with Crippen molar-refractivity contribution in [2.75, 3.05) is 0 Å². The van der Waals surface area contributed by atoms with Crippen molar-refractivity contribution in [3.8, 4) is 0 Å². The molecule has 15 heavy (non-hydrogen) atoms. The molecule has 0 fully saturated rings. The Bertz CT molecular complexity index is 535. The van der Waals surface area contributed by atoms with Crippen LogP contribution in [0.5, 0.6) is 0 Å². The van der Waals surface area contributed by atoms with Crippen LogP contribution in [0.2, 0.25) is 0 Å². The van der Waals surface area contributed by atoms with Crippen LogP contribution in [-0.4, -0.2) is 0 Å². The largest absolute Gasteiger partial charge is 0.456 e. The van der Waals surface area contributed by atoms with Crippen LogP contribution in [0.25, 0.3) is 23.1 Å². The summed E-state index contributed by atoms with van der Waals surface area (Å²) in [6, 6.07) is 6.01. The maximum absolute atomic E-state index is 5.72. The van der Waals surface area contributed by atoms with Crippen LogP contribution in [0.4, 0.5) is 0 Å². The standard InChI is InChI=1S/C13H11BrO/c1-3-5-12-10(4-2)11-7-6-9(14)8-13(11)15-12/h3-8H,2H2,1H3/b5-3-. The van der Waals surface area contributed by atoms with Crippen LogP contribution >= 0.6 is 15.9 Å². The summed E-state index contributed by atoms with van der Waals surface area (Å²) >= 11 is 3.42. The Kier molecular flexibility index (Phi) is 2.78. The molecular formula is C13H11BrO. The van der Waals surface area contributed by atoms with Gasteiger partial charge in [0.05, 0.1) is 0 Å². The molecule has 1 heterocycles. The number of furan rings is 1. The summed E-state index contributed by atoms with van der Waals surface area (Å²) in [5, 5.41) is 1.10. The fourth-order valence-corrected chi connectivity index (χ4v) is 1.94. The molecule has 0 unspecified atom stereocenters. The minimum absolute atomic E-state index is 0.862. The maximum Gasteiger partial charge on any atom is 0.136 e. The van der Waals surface area contributed by atoms with Gasteiger partial charge in [-0.2, -0.15) is 0 Å². The quantitative estimate of drug-likeness (QED) is 0.753. The summed E-state index contributed by atoms with van der Waals surface area (Å²) in [5.41, 5.74) is 1.93. The zero-order valence-electron chi connectivity index (χ0n) is 8.46. The first-order chi connectivity index (χ1) is 7.26. The van der Waals surface area contributed by atoms with Crippen molar-refractivity contribution < 1.29 is 4.42 Å². The van der Waals surface area contributed by atoms with Gasteiger partial charge in [0.1, 0.15) is 11.3 Å². The Morgan fingerprint density at radius 2 is 2.20 bits per heavy atom. The highest BCUT2D eigenvalue weighted by Crippen LogP contribution is 2.29. The second kappa shape index (κ2) is 4.07. The summed E-state index contributed by atoms with van der Waals surface area (Å²) in [5.74, 6) is 0.862. The summed E-state index contributed by atoms with van der Waals surface area (Å²) in [6.45, 7) is 5.78. The van der Waals surface area contributed by atoms with Crippen molar-refractivity contribution >= 4 is 39.1 Å². The molecule has 1 aromatic heterocycles. The topological polar surface area (TPSA) is 13.1 Å². The Hall–Kier alpha value is -1.28. The molecule has 0 aliphatic rings. The number of benzene rings is 1. The van der Waals surface area contributed by atoms with Crippen LogP contribution in [0.3, 0.4) is 0 Å². The molecule has 1 aromatic carbocycles. The average Bonchev–Trinajstić information content (AvgIpc) is 2.54. The number of hydrogen-bond acceptors (Lipinski definition) is 1. The van der Waals surface area contributed by atoms with Gasteiger partial charge in [0.2, 0.25) is 0 Å². The highest BCUT2D eigenvalue weighted by molar-refractivity contribution is 9.10. The Labute approximate surface area is 97.2 Å². The SMILES string of the molecule is C=Cc1c(/C=C\C)oc2cc(Br)ccc12. The van der Waals surface area contributed by atoms with Gasteiger partial charge < -0.3 is 4.42 Å². The summed E-state index contributed by atoms with van der Waals surface area (Å²) in [6.07, 6.45) is 5.74. The van der Waals surface area contributed by atoms with Crippen molar-refractivity contribution in [3.05, 3.63) is 46.7 Å². The van der Waals surface area contributed by atoms with Gasteiger partial charge in [-0.05, 0) is 31.2 Å². The highest BCUT2D eigenvalue weighted by atomic mass is 79.9. The van der Waals surface area contributed by atoms with Crippen molar-refractivity contribution in [2.45, 2.75) is 6.92 Å². The normalized spacial score (nSPS) is 11.3. The van der Waals surface area contributed by atoms with E-state index in [9.17, 15) is 0 Å². The first kappa shape index (κ1) is 10.2. The molecule has 76 valence electrons. The molecule has 1 nitrogen and oxygen atoms in total. The number of hydrogen-bond donors (Lipinski definition) is 0. The lowest BCUT2D eigenvalue weighted by Gasteiger charge is -1.90. The van der Waals surface area contributed by atoms with E-state index in [0.717, 1.165) is 26.8 Å². The Morgan fingerprint density at radius 3 is 2.87 bits per heavy atom. The fraction of sp³-hybridized carbons (Fsp3) is 0.0769. The zero-order chi connectivity index (χ0) is 10.8. The molecule has 0 aliphatic heterocycles. The Balaban J connectivity index is 2.78. The van der Waals surface area contributed by atoms with Gasteiger partial charge in [-0.3, -0.25) is 0 Å². The van der Waals surface area contributed by atoms with Crippen molar-refractivity contribution in [3.63, 3.8) is 0 Å². The second-order valence-electron chi connectivity index (χ2n) is 3.22. The molecule has 0 saturated carbocycles. The Morgan fingerprint density at radius 1 is 1.40 bits per heavy atom. The lowest BCUT2D eigenvalue weighted by Crippen LogP contribution is -1.71. The molecule has 0 saturated heterocycles. The minimum atomic E-state index is 0.862. The summed E-state index contributed by atoms with van der Waals surface area (Å²) in [7, 11) is 0. The van der Waals surface area contributed by atoms with Gasteiger partial charge in [0.25, 0.3) is 0 Å². The monoisotopic (exact) mass is 262 g/mol. The van der Waals surface area contributed by atoms with Crippen LogP contribution in [0.15, 0.2) is 39.7 Å². The smallest absolute Gasteiger partial charge is 0.136 e. The molecule has 0 amide bonds. The number of fused-ring (bicyclic) bond motifs is 1. The molecule has 0 radical (unpaired) electrons. The number of halogens is 1. The third-order valence-corrected chi connectivity index (χ3v) is 2.73. The minimum Gasteiger partial charge on any atom is -0.456 e. The summed E-state index contributed by atoms with van der Waals surface area (Å²) in [4.78, 5) is 0. The molecule has 2 rings (SSSR count). The van der Waals surface area contributed by atoms with E-state index in [1.54, 1.807) is 0 Å². The summed E-state index contributed by atoms with van der Waals surface area (Å²) < 4.78 is 6.74. The van der Waals surface area contributed by atoms with Crippen molar-refractivity contribution in [2.24, 2.45) is 0 Å². The zero-order valence-corrected chi connectivity index (χ0v) is 10.0. The molecule has 0 atom stereocenters. The van der Waals surface area contributed by atoms with E-state index in [2.05, 4.69) is 22.5 Å². The third kappa shape index (κ3) is 1.77. The van der Waals surface area contributed by atoms with E-state index in [1.165, 1.54) is 0 Å². The van der Waals surface area contributed by atoms with Crippen LogP contribution in [-0.2, 0) is 0 Å². The van der Waals surface area contributed by atoms with E-state index >= 15 is 0 Å². The lowest BCUT2D eigenvalue weighted by atomic mass is 10.1. The fourth-order valence-electron chi connectivity index (χ4n) is 1.60. The van der Waals surface area contributed by atoms with E-state index in [-0.39, 0.29) is 0 Å². The third-order valence-electron chi connectivity index (χ3n) is 2.24. The van der Waals surface area contributed by atoms with Gasteiger partial charge >= 0.3 is 0 Å². The van der Waals surface area contributed by atoms with Gasteiger partial charge in [0.15, 0.2) is 0 Å². The predicted octanol–water partition coefficient (Wildman–Crippen LogP) is 4.87. The maximum atomic E-state index is 5.72. The van der Waals surface area contributed by atoms with Crippen molar-refractivity contribution in [1.29, 1.82) is 0 Å². The molecule has 2 heteroatoms. The second-order valence-corrected chi connectivity index (χ2v) is 4.14. The molecule has 0 aliphatic carbocycles. The van der Waals surface area contributed by atoms with E-state index in [1.807, 2.05) is 43.4 Å². The van der Waals surface area contributed by atoms with Crippen LogP contribution < -0.4 is 0 Å². The molecule has 2 aromatic rings. The van der Waals surface area contributed by atoms with Gasteiger partial charge in [-0.15, -0.1) is 0 Å². The van der Waals surface area contributed by atoms with Gasteiger partial charge in [0, 0.05) is 15.4 Å². The average molecular weight is 263 g/mol. The van der Waals surface area contributed by atoms with E-state index in [0.29, 0.717) is 0 Å². The first-order valence-electron chi connectivity index (χ1n) is 4.73. The molecule has 0 N–H and O–H groups in total. The highest BCUT2D eigenvalue weighted by Gasteiger charge is 2.08. The van der Waals surface area contributed by atoms with Crippen LogP contribution in [0, 0.1) is 0 Å². The van der Waals surface area contributed by atoms with Crippen LogP contribution in [0.1, 0.15) is 18.2 Å².